The summed E-state index contributed by atoms with van der Waals surface area (Å²) in [6.45, 7) is 0. The van der Waals surface area contributed by atoms with Gasteiger partial charge in [-0.1, -0.05) is 11.3 Å². The first-order valence-corrected chi connectivity index (χ1v) is 7.49. The smallest absolute Gasteiger partial charge is 0.188 e. The Morgan fingerprint density at radius 3 is 2.27 bits per heavy atom. The Morgan fingerprint density at radius 2 is 1.64 bits per heavy atom. The number of hydrogen-bond acceptors (Lipinski definition) is 6. The van der Waals surface area contributed by atoms with Gasteiger partial charge in [0.1, 0.15) is 22.8 Å². The number of thiazole rings is 1. The average molecular weight is 316 g/mol. The fourth-order valence-corrected chi connectivity index (χ4v) is 3.03. The van der Waals surface area contributed by atoms with Crippen molar-refractivity contribution in [2.45, 2.75) is 0 Å². The first kappa shape index (κ1) is 14.5. The number of nitrogens with zero attached hydrogens (tertiary/aromatic N) is 1. The third-order valence-electron chi connectivity index (χ3n) is 3.23. The molecule has 0 fully saturated rings. The van der Waals surface area contributed by atoms with Gasteiger partial charge in [-0.15, -0.1) is 0 Å². The molecule has 2 aromatic carbocycles. The molecule has 3 aromatic rings. The lowest BCUT2D eigenvalue weighted by atomic mass is 10.3. The van der Waals surface area contributed by atoms with Gasteiger partial charge in [0.05, 0.1) is 26.0 Å². The Morgan fingerprint density at radius 1 is 0.909 bits per heavy atom. The van der Waals surface area contributed by atoms with Crippen molar-refractivity contribution in [1.82, 2.24) is 4.98 Å². The Labute approximate surface area is 132 Å². The maximum atomic E-state index is 5.38. The zero-order chi connectivity index (χ0) is 15.5. The Hall–Kier alpha value is -2.47. The summed E-state index contributed by atoms with van der Waals surface area (Å²) < 4.78 is 16.8. The lowest BCUT2D eigenvalue weighted by Gasteiger charge is -2.04. The molecule has 0 saturated heterocycles. The monoisotopic (exact) mass is 316 g/mol. The van der Waals surface area contributed by atoms with E-state index in [1.54, 1.807) is 32.7 Å². The normalized spacial score (nSPS) is 10.5. The molecule has 1 N–H and O–H groups in total. The maximum absolute atomic E-state index is 5.38. The third-order valence-corrected chi connectivity index (χ3v) is 4.15. The molecular formula is C16H16N2O3S. The van der Waals surface area contributed by atoms with Crippen LogP contribution in [-0.4, -0.2) is 26.3 Å². The zero-order valence-corrected chi connectivity index (χ0v) is 13.4. The van der Waals surface area contributed by atoms with E-state index in [2.05, 4.69) is 10.3 Å². The van der Waals surface area contributed by atoms with Gasteiger partial charge in [-0.05, 0) is 30.3 Å². The van der Waals surface area contributed by atoms with Crippen LogP contribution >= 0.6 is 11.3 Å². The van der Waals surface area contributed by atoms with E-state index in [9.17, 15) is 0 Å². The Balaban J connectivity index is 1.93. The van der Waals surface area contributed by atoms with Gasteiger partial charge in [-0.3, -0.25) is 0 Å². The number of fused-ring (bicyclic) bond motifs is 1. The summed E-state index contributed by atoms with van der Waals surface area (Å²) in [5.74, 6) is 2.28. The summed E-state index contributed by atoms with van der Waals surface area (Å²) in [4.78, 5) is 4.59. The number of aromatic nitrogens is 1. The molecule has 1 aromatic heterocycles. The van der Waals surface area contributed by atoms with Crippen LogP contribution in [0.15, 0.2) is 36.4 Å². The zero-order valence-electron chi connectivity index (χ0n) is 12.5. The van der Waals surface area contributed by atoms with E-state index >= 15 is 0 Å². The molecule has 6 heteroatoms. The van der Waals surface area contributed by atoms with E-state index in [1.165, 1.54) is 0 Å². The van der Waals surface area contributed by atoms with Gasteiger partial charge in [0.2, 0.25) is 0 Å². The number of hydrogen-bond donors (Lipinski definition) is 1. The quantitative estimate of drug-likeness (QED) is 0.769. The fraction of sp³-hybridized carbons (Fsp3) is 0.188. The van der Waals surface area contributed by atoms with Gasteiger partial charge in [-0.25, -0.2) is 4.98 Å². The van der Waals surface area contributed by atoms with Crippen LogP contribution in [0.2, 0.25) is 0 Å². The predicted molar refractivity (Wildman–Crippen MR) is 89.0 cm³/mol. The van der Waals surface area contributed by atoms with Gasteiger partial charge < -0.3 is 19.5 Å². The van der Waals surface area contributed by atoms with Crippen LogP contribution in [0.3, 0.4) is 0 Å². The van der Waals surface area contributed by atoms with Crippen molar-refractivity contribution in [3.05, 3.63) is 36.4 Å². The Bertz CT molecular complexity index is 784. The highest BCUT2D eigenvalue weighted by Crippen LogP contribution is 2.37. The van der Waals surface area contributed by atoms with Gasteiger partial charge >= 0.3 is 0 Å². The van der Waals surface area contributed by atoms with Crippen molar-refractivity contribution in [2.24, 2.45) is 0 Å². The summed E-state index contributed by atoms with van der Waals surface area (Å²) in [7, 11) is 4.91. The molecule has 0 atom stereocenters. The standard InChI is InChI=1S/C16H16N2O3S/c1-19-11-6-4-10(5-7-11)17-16-18-15-13(21-3)8-12(20-2)9-14(15)22-16/h4-9H,1-3H3,(H,17,18). The highest BCUT2D eigenvalue weighted by Gasteiger charge is 2.11. The van der Waals surface area contributed by atoms with E-state index in [-0.39, 0.29) is 0 Å². The molecule has 22 heavy (non-hydrogen) atoms. The highest BCUT2D eigenvalue weighted by molar-refractivity contribution is 7.22. The van der Waals surface area contributed by atoms with Crippen molar-refractivity contribution in [3.63, 3.8) is 0 Å². The SMILES string of the molecule is COc1ccc(Nc2nc3c(OC)cc(OC)cc3s2)cc1. The van der Waals surface area contributed by atoms with Crippen LogP contribution in [0.1, 0.15) is 0 Å². The molecule has 3 rings (SSSR count). The molecule has 0 spiro atoms. The molecule has 0 radical (unpaired) electrons. The molecule has 0 aliphatic heterocycles. The first-order chi connectivity index (χ1) is 10.7. The lowest BCUT2D eigenvalue weighted by Crippen LogP contribution is -1.90. The maximum Gasteiger partial charge on any atom is 0.188 e. The summed E-state index contributed by atoms with van der Waals surface area (Å²) in [6.07, 6.45) is 0. The minimum absolute atomic E-state index is 0.702. The minimum Gasteiger partial charge on any atom is -0.497 e. The van der Waals surface area contributed by atoms with Crippen LogP contribution in [0.4, 0.5) is 10.8 Å². The van der Waals surface area contributed by atoms with Crippen molar-refractivity contribution < 1.29 is 14.2 Å². The lowest BCUT2D eigenvalue weighted by molar-refractivity contribution is 0.397. The van der Waals surface area contributed by atoms with Gasteiger partial charge in [-0.2, -0.15) is 0 Å². The average Bonchev–Trinajstić information content (AvgIpc) is 2.96. The van der Waals surface area contributed by atoms with Crippen molar-refractivity contribution in [3.8, 4) is 17.2 Å². The summed E-state index contributed by atoms with van der Waals surface area (Å²) in [6, 6.07) is 11.5. The van der Waals surface area contributed by atoms with E-state index in [0.29, 0.717) is 5.75 Å². The second-order valence-electron chi connectivity index (χ2n) is 4.55. The fourth-order valence-electron chi connectivity index (χ4n) is 2.10. The molecule has 0 bridgehead atoms. The number of rotatable bonds is 5. The first-order valence-electron chi connectivity index (χ1n) is 6.67. The van der Waals surface area contributed by atoms with Crippen molar-refractivity contribution >= 4 is 32.4 Å². The molecule has 114 valence electrons. The summed E-state index contributed by atoms with van der Waals surface area (Å²) >= 11 is 1.55. The highest BCUT2D eigenvalue weighted by atomic mass is 32.1. The van der Waals surface area contributed by atoms with Crippen molar-refractivity contribution in [1.29, 1.82) is 0 Å². The molecular weight excluding hydrogens is 300 g/mol. The van der Waals surface area contributed by atoms with E-state index in [1.807, 2.05) is 36.4 Å². The van der Waals surface area contributed by atoms with Crippen LogP contribution < -0.4 is 19.5 Å². The molecule has 0 aliphatic rings. The molecule has 0 unspecified atom stereocenters. The van der Waals surface area contributed by atoms with E-state index in [4.69, 9.17) is 14.2 Å². The van der Waals surface area contributed by atoms with Crippen LogP contribution in [0, 0.1) is 0 Å². The Kier molecular flexibility index (Phi) is 4.02. The molecule has 0 amide bonds. The largest absolute Gasteiger partial charge is 0.497 e. The van der Waals surface area contributed by atoms with Crippen molar-refractivity contribution in [2.75, 3.05) is 26.6 Å². The number of nitrogens with one attached hydrogen (secondary N) is 1. The number of methoxy groups -OCH3 is 3. The van der Waals surface area contributed by atoms with E-state index < -0.39 is 0 Å². The van der Waals surface area contributed by atoms with Crippen LogP contribution in [-0.2, 0) is 0 Å². The number of benzene rings is 2. The second-order valence-corrected chi connectivity index (χ2v) is 5.58. The third kappa shape index (κ3) is 2.78. The van der Waals surface area contributed by atoms with Gasteiger partial charge in [0.15, 0.2) is 5.13 Å². The number of anilines is 2. The summed E-state index contributed by atoms with van der Waals surface area (Å²) in [5, 5.41) is 4.09. The van der Waals surface area contributed by atoms with Gasteiger partial charge in [0, 0.05) is 11.8 Å². The minimum atomic E-state index is 0.702. The van der Waals surface area contributed by atoms with Gasteiger partial charge in [0.25, 0.3) is 0 Å². The van der Waals surface area contributed by atoms with E-state index in [0.717, 1.165) is 32.5 Å². The molecule has 5 nitrogen and oxygen atoms in total. The van der Waals surface area contributed by atoms with Crippen LogP contribution in [0.5, 0.6) is 17.2 Å². The van der Waals surface area contributed by atoms with Crippen LogP contribution in [0.25, 0.3) is 10.2 Å². The predicted octanol–water partition coefficient (Wildman–Crippen LogP) is 4.07. The molecule has 1 heterocycles. The number of ether oxygens (including phenoxy) is 3. The second kappa shape index (κ2) is 6.11. The molecule has 0 aliphatic carbocycles. The summed E-state index contributed by atoms with van der Waals surface area (Å²) in [5.41, 5.74) is 1.77. The topological polar surface area (TPSA) is 52.6 Å². The molecule has 0 saturated carbocycles.